The molecule has 6 heteroatoms. The molecular weight excluding hydrogens is 282 g/mol. The molecule has 0 aromatic carbocycles. The standard InChI is InChI=1S/C16H25N3O3/c1-4-18(5-2)14-10-19(13-7-6-8-21-15(13)14)16(20)12-9-17-22-11(12)3/h9,13-15H,4-8,10H2,1-3H3/t13-,14-,15+/m0/s1. The lowest BCUT2D eigenvalue weighted by Crippen LogP contribution is -2.48. The van der Waals surface area contributed by atoms with Gasteiger partial charge in [0.15, 0.2) is 0 Å². The number of likely N-dealkylation sites (tertiary alicyclic amines) is 1. The van der Waals surface area contributed by atoms with Gasteiger partial charge in [0.1, 0.15) is 11.3 Å². The van der Waals surface area contributed by atoms with Crippen molar-refractivity contribution in [3.05, 3.63) is 17.5 Å². The summed E-state index contributed by atoms with van der Waals surface area (Å²) >= 11 is 0. The Morgan fingerprint density at radius 3 is 2.86 bits per heavy atom. The first-order valence-corrected chi connectivity index (χ1v) is 8.25. The highest BCUT2D eigenvalue weighted by atomic mass is 16.5. The Kier molecular flexibility index (Phi) is 4.49. The van der Waals surface area contributed by atoms with Gasteiger partial charge in [0.05, 0.1) is 24.4 Å². The largest absolute Gasteiger partial charge is 0.374 e. The fourth-order valence-corrected chi connectivity index (χ4v) is 3.84. The third kappa shape index (κ3) is 2.54. The molecule has 1 aromatic heterocycles. The number of hydrogen-bond acceptors (Lipinski definition) is 5. The van der Waals surface area contributed by atoms with Crippen molar-refractivity contribution in [1.29, 1.82) is 0 Å². The summed E-state index contributed by atoms with van der Waals surface area (Å²) in [4.78, 5) is 17.3. The fourth-order valence-electron chi connectivity index (χ4n) is 3.84. The van der Waals surface area contributed by atoms with Gasteiger partial charge >= 0.3 is 0 Å². The highest BCUT2D eigenvalue weighted by Crippen LogP contribution is 2.33. The molecule has 3 atom stereocenters. The van der Waals surface area contributed by atoms with Crippen molar-refractivity contribution in [3.63, 3.8) is 0 Å². The number of rotatable bonds is 4. The molecule has 2 aliphatic rings. The molecule has 122 valence electrons. The van der Waals surface area contributed by atoms with E-state index in [4.69, 9.17) is 9.26 Å². The summed E-state index contributed by atoms with van der Waals surface area (Å²) in [5, 5.41) is 3.74. The third-order valence-corrected chi connectivity index (χ3v) is 5.02. The Bertz CT molecular complexity index is 526. The van der Waals surface area contributed by atoms with Crippen molar-refractivity contribution in [1.82, 2.24) is 15.0 Å². The zero-order valence-electron chi connectivity index (χ0n) is 13.6. The predicted octanol–water partition coefficient (Wildman–Crippen LogP) is 1.70. The van der Waals surface area contributed by atoms with E-state index in [1.54, 1.807) is 6.92 Å². The minimum Gasteiger partial charge on any atom is -0.374 e. The second-order valence-corrected chi connectivity index (χ2v) is 6.09. The number of nitrogens with zero attached hydrogens (tertiary/aromatic N) is 3. The van der Waals surface area contributed by atoms with E-state index in [2.05, 4.69) is 23.9 Å². The zero-order chi connectivity index (χ0) is 15.7. The lowest BCUT2D eigenvalue weighted by Gasteiger charge is -2.34. The Hall–Kier alpha value is -1.40. The van der Waals surface area contributed by atoms with Crippen LogP contribution in [-0.4, -0.2) is 65.3 Å². The van der Waals surface area contributed by atoms with Crippen LogP contribution in [0.4, 0.5) is 0 Å². The molecule has 0 saturated carbocycles. The van der Waals surface area contributed by atoms with Gasteiger partial charge in [-0.05, 0) is 32.9 Å². The van der Waals surface area contributed by atoms with Crippen LogP contribution in [0.15, 0.2) is 10.7 Å². The summed E-state index contributed by atoms with van der Waals surface area (Å²) in [7, 11) is 0. The molecule has 3 heterocycles. The van der Waals surface area contributed by atoms with Crippen molar-refractivity contribution < 1.29 is 14.1 Å². The van der Waals surface area contributed by atoms with Gasteiger partial charge in [-0.25, -0.2) is 0 Å². The number of fused-ring (bicyclic) bond motifs is 1. The average molecular weight is 307 g/mol. The number of ether oxygens (including phenoxy) is 1. The molecule has 2 fully saturated rings. The van der Waals surface area contributed by atoms with Crippen molar-refractivity contribution >= 4 is 5.91 Å². The van der Waals surface area contributed by atoms with Crippen LogP contribution in [0.3, 0.4) is 0 Å². The van der Waals surface area contributed by atoms with E-state index < -0.39 is 0 Å². The van der Waals surface area contributed by atoms with Crippen molar-refractivity contribution in [2.75, 3.05) is 26.2 Å². The van der Waals surface area contributed by atoms with E-state index in [1.165, 1.54) is 6.20 Å². The summed E-state index contributed by atoms with van der Waals surface area (Å²) < 4.78 is 11.1. The van der Waals surface area contributed by atoms with Gasteiger partial charge in [-0.3, -0.25) is 9.69 Å². The Labute approximate surface area is 131 Å². The summed E-state index contributed by atoms with van der Waals surface area (Å²) in [6, 6.07) is 0.450. The number of hydrogen-bond donors (Lipinski definition) is 0. The lowest BCUT2D eigenvalue weighted by atomic mass is 10.00. The summed E-state index contributed by atoms with van der Waals surface area (Å²) in [6.07, 6.45) is 3.68. The predicted molar refractivity (Wildman–Crippen MR) is 81.7 cm³/mol. The van der Waals surface area contributed by atoms with E-state index in [1.807, 2.05) is 4.90 Å². The molecule has 6 nitrogen and oxygen atoms in total. The highest BCUT2D eigenvalue weighted by Gasteiger charge is 2.48. The normalized spacial score (nSPS) is 28.2. The van der Waals surface area contributed by atoms with Crippen LogP contribution in [0.1, 0.15) is 42.8 Å². The highest BCUT2D eigenvalue weighted by molar-refractivity contribution is 5.95. The molecular formula is C16H25N3O3. The number of amides is 1. The number of aromatic nitrogens is 1. The van der Waals surface area contributed by atoms with Crippen LogP contribution >= 0.6 is 0 Å². The van der Waals surface area contributed by atoms with E-state index in [9.17, 15) is 4.79 Å². The summed E-state index contributed by atoms with van der Waals surface area (Å²) in [6.45, 7) is 9.58. The van der Waals surface area contributed by atoms with Crippen LogP contribution in [0, 0.1) is 6.92 Å². The van der Waals surface area contributed by atoms with Gasteiger partial charge in [0.25, 0.3) is 5.91 Å². The maximum absolute atomic E-state index is 12.9. The van der Waals surface area contributed by atoms with Gasteiger partial charge < -0.3 is 14.2 Å². The summed E-state index contributed by atoms with van der Waals surface area (Å²) in [5.74, 6) is 0.610. The van der Waals surface area contributed by atoms with Crippen molar-refractivity contribution in [2.45, 2.75) is 51.8 Å². The Morgan fingerprint density at radius 1 is 1.45 bits per heavy atom. The molecule has 1 amide bonds. The first kappa shape index (κ1) is 15.5. The number of carbonyl (C=O) groups is 1. The molecule has 0 radical (unpaired) electrons. The second kappa shape index (κ2) is 6.38. The van der Waals surface area contributed by atoms with Gasteiger partial charge in [-0.15, -0.1) is 0 Å². The molecule has 2 saturated heterocycles. The Balaban J connectivity index is 1.85. The second-order valence-electron chi connectivity index (χ2n) is 6.09. The minimum atomic E-state index is 0.0221. The fraction of sp³-hybridized carbons (Fsp3) is 0.750. The van der Waals surface area contributed by atoms with Crippen LogP contribution in [0.2, 0.25) is 0 Å². The number of carbonyl (C=O) groups excluding carboxylic acids is 1. The van der Waals surface area contributed by atoms with Crippen molar-refractivity contribution in [3.8, 4) is 0 Å². The SMILES string of the molecule is CCN(CC)[C@H]1CN(C(=O)c2cnoc2C)[C@H]2CCCO[C@@H]12. The van der Waals surface area contributed by atoms with E-state index >= 15 is 0 Å². The van der Waals surface area contributed by atoms with Gasteiger partial charge in [-0.2, -0.15) is 0 Å². The number of aryl methyl sites for hydroxylation is 1. The van der Waals surface area contributed by atoms with E-state index in [-0.39, 0.29) is 24.1 Å². The van der Waals surface area contributed by atoms with E-state index in [0.29, 0.717) is 11.3 Å². The summed E-state index contributed by atoms with van der Waals surface area (Å²) in [5.41, 5.74) is 0.574. The monoisotopic (exact) mass is 307 g/mol. The maximum Gasteiger partial charge on any atom is 0.259 e. The molecule has 0 aliphatic carbocycles. The molecule has 3 rings (SSSR count). The molecule has 0 N–H and O–H groups in total. The first-order valence-electron chi connectivity index (χ1n) is 8.25. The quantitative estimate of drug-likeness (QED) is 0.847. The molecule has 0 bridgehead atoms. The number of likely N-dealkylation sites (N-methyl/N-ethyl adjacent to an activating group) is 1. The van der Waals surface area contributed by atoms with Crippen LogP contribution < -0.4 is 0 Å². The average Bonchev–Trinajstić information content (AvgIpc) is 3.13. The first-order chi connectivity index (χ1) is 10.7. The minimum absolute atomic E-state index is 0.0221. The van der Waals surface area contributed by atoms with Crippen LogP contribution in [0.5, 0.6) is 0 Å². The zero-order valence-corrected chi connectivity index (χ0v) is 13.6. The lowest BCUT2D eigenvalue weighted by molar-refractivity contribution is -0.0369. The third-order valence-electron chi connectivity index (χ3n) is 5.02. The van der Waals surface area contributed by atoms with Gasteiger partial charge in [0.2, 0.25) is 0 Å². The molecule has 0 unspecified atom stereocenters. The van der Waals surface area contributed by atoms with Crippen molar-refractivity contribution in [2.24, 2.45) is 0 Å². The smallest absolute Gasteiger partial charge is 0.259 e. The maximum atomic E-state index is 12.9. The molecule has 1 aromatic rings. The Morgan fingerprint density at radius 2 is 2.23 bits per heavy atom. The van der Waals surface area contributed by atoms with Crippen LogP contribution in [-0.2, 0) is 4.74 Å². The molecule has 2 aliphatic heterocycles. The topological polar surface area (TPSA) is 58.8 Å². The van der Waals surface area contributed by atoms with Gasteiger partial charge in [0, 0.05) is 13.2 Å². The van der Waals surface area contributed by atoms with Gasteiger partial charge in [-0.1, -0.05) is 19.0 Å². The molecule has 22 heavy (non-hydrogen) atoms. The van der Waals surface area contributed by atoms with Crippen LogP contribution in [0.25, 0.3) is 0 Å². The molecule has 0 spiro atoms. The van der Waals surface area contributed by atoms with E-state index in [0.717, 1.165) is 39.1 Å².